The van der Waals surface area contributed by atoms with Crippen molar-refractivity contribution in [3.05, 3.63) is 65.2 Å². The van der Waals surface area contributed by atoms with Crippen molar-refractivity contribution in [2.24, 2.45) is 0 Å². The van der Waals surface area contributed by atoms with Crippen LogP contribution in [0.25, 0.3) is 0 Å². The Labute approximate surface area is 162 Å². The van der Waals surface area contributed by atoms with Crippen LogP contribution in [0.1, 0.15) is 21.5 Å². The van der Waals surface area contributed by atoms with E-state index in [1.807, 2.05) is 0 Å². The molecule has 2 amide bonds. The van der Waals surface area contributed by atoms with Crippen LogP contribution >= 0.6 is 0 Å². The third-order valence-corrected chi connectivity index (χ3v) is 4.37. The quantitative estimate of drug-likeness (QED) is 0.751. The maximum Gasteiger partial charge on any atom is 0.416 e. The highest BCUT2D eigenvalue weighted by Gasteiger charge is 2.47. The molecule has 0 atom stereocenters. The average molecular weight is 414 g/mol. The molecule has 0 spiro atoms. The predicted octanol–water partition coefficient (Wildman–Crippen LogP) is 4.48. The van der Waals surface area contributed by atoms with Gasteiger partial charge in [-0.25, -0.2) is 18.4 Å². The number of hydrogen-bond acceptors (Lipinski definition) is 2. The number of carboxylic acid groups (broad SMARTS) is 1. The van der Waals surface area contributed by atoms with Gasteiger partial charge in [-0.05, 0) is 35.9 Å². The highest BCUT2D eigenvalue weighted by molar-refractivity contribution is 5.93. The third kappa shape index (κ3) is 4.64. The van der Waals surface area contributed by atoms with Gasteiger partial charge >= 0.3 is 18.2 Å². The van der Waals surface area contributed by atoms with E-state index in [0.717, 1.165) is 28.0 Å². The smallest absolute Gasteiger partial charge is 0.416 e. The summed E-state index contributed by atoms with van der Waals surface area (Å²) in [6, 6.07) is 8.51. The van der Waals surface area contributed by atoms with E-state index in [9.17, 15) is 31.5 Å². The van der Waals surface area contributed by atoms with Gasteiger partial charge in [0.25, 0.3) is 5.92 Å². The first-order chi connectivity index (χ1) is 13.5. The SMILES string of the molecule is O=C(O)c1ccc(CN(C(=O)N2CC(F)(F)C2)c2cccc(C(F)(F)F)c2)cc1. The fraction of sp³-hybridized carbons (Fsp3) is 0.263. The molecule has 2 aromatic rings. The lowest BCUT2D eigenvalue weighted by atomic mass is 10.1. The molecule has 0 bridgehead atoms. The lowest BCUT2D eigenvalue weighted by Gasteiger charge is -2.41. The molecule has 10 heteroatoms. The third-order valence-electron chi connectivity index (χ3n) is 4.37. The minimum Gasteiger partial charge on any atom is -0.478 e. The van der Waals surface area contributed by atoms with Gasteiger partial charge in [-0.1, -0.05) is 18.2 Å². The molecule has 1 aliphatic heterocycles. The van der Waals surface area contributed by atoms with Crippen LogP contribution in [0.5, 0.6) is 0 Å². The first-order valence-electron chi connectivity index (χ1n) is 8.40. The van der Waals surface area contributed by atoms with Crippen molar-refractivity contribution < 1.29 is 36.6 Å². The minimum atomic E-state index is -4.64. The Morgan fingerprint density at radius 2 is 1.69 bits per heavy atom. The Morgan fingerprint density at radius 1 is 1.07 bits per heavy atom. The number of amides is 2. The summed E-state index contributed by atoms with van der Waals surface area (Å²) in [6.45, 7) is -1.86. The Hall–Kier alpha value is -3.17. The Balaban J connectivity index is 1.92. The summed E-state index contributed by atoms with van der Waals surface area (Å²) >= 11 is 0. The van der Waals surface area contributed by atoms with Crippen molar-refractivity contribution >= 4 is 17.7 Å². The zero-order valence-electron chi connectivity index (χ0n) is 14.8. The number of hydrogen-bond donors (Lipinski definition) is 1. The van der Waals surface area contributed by atoms with Crippen LogP contribution in [0, 0.1) is 0 Å². The molecule has 0 saturated carbocycles. The summed E-state index contributed by atoms with van der Waals surface area (Å²) in [5.74, 6) is -4.19. The molecule has 5 nitrogen and oxygen atoms in total. The number of carbonyl (C=O) groups is 2. The standard InChI is InChI=1S/C19H15F5N2O3/c20-18(21)10-25(11-18)17(29)26(9-12-4-6-13(7-5-12)16(27)28)15-3-1-2-14(8-15)19(22,23)24/h1-8H,9-11H2,(H,27,28). The fourth-order valence-corrected chi connectivity index (χ4v) is 2.87. The molecule has 1 N–H and O–H groups in total. The van der Waals surface area contributed by atoms with Crippen LogP contribution in [-0.2, 0) is 12.7 Å². The molecule has 0 unspecified atom stereocenters. The molecule has 2 aromatic carbocycles. The second-order valence-corrected chi connectivity index (χ2v) is 6.63. The van der Waals surface area contributed by atoms with Crippen molar-refractivity contribution in [3.8, 4) is 0 Å². The highest BCUT2D eigenvalue weighted by Crippen LogP contribution is 2.34. The summed E-state index contributed by atoms with van der Waals surface area (Å²) in [7, 11) is 0. The van der Waals surface area contributed by atoms with E-state index in [2.05, 4.69) is 0 Å². The number of carbonyl (C=O) groups excluding carboxylic acids is 1. The molecule has 0 radical (unpaired) electrons. The maximum absolute atomic E-state index is 13.2. The van der Waals surface area contributed by atoms with Gasteiger partial charge in [0.05, 0.1) is 30.8 Å². The number of urea groups is 1. The second kappa shape index (κ2) is 7.34. The number of aromatic carboxylic acids is 1. The van der Waals surface area contributed by atoms with Gasteiger partial charge in [-0.2, -0.15) is 13.2 Å². The summed E-state index contributed by atoms with van der Waals surface area (Å²) in [4.78, 5) is 25.4. The van der Waals surface area contributed by atoms with Crippen molar-refractivity contribution in [2.45, 2.75) is 18.6 Å². The topological polar surface area (TPSA) is 60.9 Å². The highest BCUT2D eigenvalue weighted by atomic mass is 19.4. The van der Waals surface area contributed by atoms with Gasteiger partial charge in [-0.3, -0.25) is 4.90 Å². The monoisotopic (exact) mass is 414 g/mol. The normalized spacial score (nSPS) is 15.6. The molecule has 29 heavy (non-hydrogen) atoms. The number of carboxylic acids is 1. The lowest BCUT2D eigenvalue weighted by molar-refractivity contribution is -0.137. The van der Waals surface area contributed by atoms with E-state index in [0.29, 0.717) is 5.56 Å². The predicted molar refractivity (Wildman–Crippen MR) is 92.9 cm³/mol. The Morgan fingerprint density at radius 3 is 2.21 bits per heavy atom. The number of benzene rings is 2. The lowest BCUT2D eigenvalue weighted by Crippen LogP contribution is -2.61. The number of halogens is 5. The molecule has 1 heterocycles. The van der Waals surface area contributed by atoms with Crippen LogP contribution in [0.3, 0.4) is 0 Å². The molecule has 3 rings (SSSR count). The van der Waals surface area contributed by atoms with E-state index < -0.39 is 42.8 Å². The molecule has 154 valence electrons. The van der Waals surface area contributed by atoms with Crippen LogP contribution in [0.4, 0.5) is 32.4 Å². The van der Waals surface area contributed by atoms with Gasteiger partial charge < -0.3 is 10.0 Å². The average Bonchev–Trinajstić information content (AvgIpc) is 2.63. The van der Waals surface area contributed by atoms with Gasteiger partial charge in [0, 0.05) is 5.69 Å². The van der Waals surface area contributed by atoms with Crippen LogP contribution < -0.4 is 4.90 Å². The molecule has 1 aliphatic rings. The van der Waals surface area contributed by atoms with E-state index in [-0.39, 0.29) is 17.8 Å². The molecule has 1 saturated heterocycles. The summed E-state index contributed by atoms with van der Waals surface area (Å²) in [5.41, 5.74) is -0.675. The second-order valence-electron chi connectivity index (χ2n) is 6.63. The van der Waals surface area contributed by atoms with Crippen molar-refractivity contribution in [3.63, 3.8) is 0 Å². The molecule has 0 aromatic heterocycles. The zero-order chi connectivity index (χ0) is 21.4. The van der Waals surface area contributed by atoms with Gasteiger partial charge in [0.1, 0.15) is 0 Å². The number of rotatable bonds is 4. The Bertz CT molecular complexity index is 920. The largest absolute Gasteiger partial charge is 0.478 e. The van der Waals surface area contributed by atoms with Crippen molar-refractivity contribution in [1.29, 1.82) is 0 Å². The molecular formula is C19H15F5N2O3. The molecule has 1 fully saturated rings. The fourth-order valence-electron chi connectivity index (χ4n) is 2.87. The maximum atomic E-state index is 13.2. The first kappa shape index (κ1) is 20.6. The van der Waals surface area contributed by atoms with E-state index >= 15 is 0 Å². The molecule has 0 aliphatic carbocycles. The Kier molecular flexibility index (Phi) is 5.20. The van der Waals surface area contributed by atoms with Gasteiger partial charge in [0.15, 0.2) is 0 Å². The number of nitrogens with zero attached hydrogens (tertiary/aromatic N) is 2. The van der Waals surface area contributed by atoms with Crippen LogP contribution in [-0.4, -0.2) is 41.0 Å². The zero-order valence-corrected chi connectivity index (χ0v) is 14.8. The van der Waals surface area contributed by atoms with E-state index in [1.54, 1.807) is 0 Å². The van der Waals surface area contributed by atoms with E-state index in [4.69, 9.17) is 5.11 Å². The van der Waals surface area contributed by atoms with Crippen molar-refractivity contribution in [1.82, 2.24) is 4.90 Å². The first-order valence-corrected chi connectivity index (χ1v) is 8.40. The van der Waals surface area contributed by atoms with Gasteiger partial charge in [-0.15, -0.1) is 0 Å². The number of alkyl halides is 5. The summed E-state index contributed by atoms with van der Waals surface area (Å²) in [5, 5.41) is 8.94. The number of anilines is 1. The van der Waals surface area contributed by atoms with Gasteiger partial charge in [0.2, 0.25) is 0 Å². The summed E-state index contributed by atoms with van der Waals surface area (Å²) in [6.07, 6.45) is -4.64. The number of likely N-dealkylation sites (tertiary alicyclic amines) is 1. The molecular weight excluding hydrogens is 399 g/mol. The summed E-state index contributed by atoms with van der Waals surface area (Å²) < 4.78 is 65.5. The van der Waals surface area contributed by atoms with Crippen LogP contribution in [0.2, 0.25) is 0 Å². The van der Waals surface area contributed by atoms with Crippen molar-refractivity contribution in [2.75, 3.05) is 18.0 Å². The van der Waals surface area contributed by atoms with Crippen LogP contribution in [0.15, 0.2) is 48.5 Å². The minimum absolute atomic E-state index is 0.00641. The van der Waals surface area contributed by atoms with E-state index in [1.165, 1.54) is 30.3 Å².